The third-order valence-electron chi connectivity index (χ3n) is 4.11. The van der Waals surface area contributed by atoms with Crippen molar-refractivity contribution in [3.8, 4) is 11.3 Å². The fourth-order valence-electron chi connectivity index (χ4n) is 2.74. The number of nitrogens with zero attached hydrogens (tertiary/aromatic N) is 1. The van der Waals surface area contributed by atoms with Gasteiger partial charge in [0.05, 0.1) is 15.7 Å². The molecule has 28 heavy (non-hydrogen) atoms. The fraction of sp³-hybridized carbons (Fsp3) is 0. The third kappa shape index (κ3) is 3.28. The molecule has 4 rings (SSSR count). The summed E-state index contributed by atoms with van der Waals surface area (Å²) in [5, 5.41) is 1.77. The summed E-state index contributed by atoms with van der Waals surface area (Å²) in [6.45, 7) is 0. The molecule has 140 valence electrons. The lowest BCUT2D eigenvalue weighted by atomic mass is 10.2. The van der Waals surface area contributed by atoms with Crippen LogP contribution in [0.3, 0.4) is 0 Å². The first-order valence-corrected chi connectivity index (χ1v) is 8.86. The van der Waals surface area contributed by atoms with Crippen LogP contribution < -0.4 is 10.4 Å². The average molecular weight is 417 g/mol. The first kappa shape index (κ1) is 18.3. The predicted octanol–water partition coefficient (Wildman–Crippen LogP) is 4.85. The molecule has 1 aliphatic rings. The van der Waals surface area contributed by atoms with Crippen molar-refractivity contribution < 1.29 is 18.4 Å². The van der Waals surface area contributed by atoms with Crippen LogP contribution in [0.2, 0.25) is 10.0 Å². The molecular formula is C20H11Cl2FN2O3. The zero-order chi connectivity index (χ0) is 19.8. The monoisotopic (exact) mass is 416 g/mol. The Kier molecular flexibility index (Phi) is 4.66. The summed E-state index contributed by atoms with van der Waals surface area (Å²) < 4.78 is 18.8. The van der Waals surface area contributed by atoms with E-state index in [0.29, 0.717) is 32.8 Å². The Balaban J connectivity index is 1.63. The summed E-state index contributed by atoms with van der Waals surface area (Å²) in [5.41, 5.74) is 3.26. The molecular weight excluding hydrogens is 406 g/mol. The maximum atomic E-state index is 13.1. The van der Waals surface area contributed by atoms with Crippen molar-refractivity contribution >= 4 is 46.8 Å². The smallest absolute Gasteiger partial charge is 0.282 e. The van der Waals surface area contributed by atoms with E-state index in [0.717, 1.165) is 5.01 Å². The molecule has 0 aliphatic carbocycles. The molecule has 2 aromatic carbocycles. The van der Waals surface area contributed by atoms with Gasteiger partial charge < -0.3 is 4.42 Å². The molecule has 0 atom stereocenters. The number of anilines is 1. The Morgan fingerprint density at radius 2 is 1.75 bits per heavy atom. The minimum atomic E-state index is -0.590. The number of hydrogen-bond acceptors (Lipinski definition) is 3. The van der Waals surface area contributed by atoms with E-state index in [1.54, 1.807) is 30.3 Å². The lowest BCUT2D eigenvalue weighted by Crippen LogP contribution is -2.35. The lowest BCUT2D eigenvalue weighted by Gasteiger charge is -2.14. The van der Waals surface area contributed by atoms with Crippen molar-refractivity contribution in [1.29, 1.82) is 0 Å². The van der Waals surface area contributed by atoms with Crippen LogP contribution in [0.25, 0.3) is 17.4 Å². The van der Waals surface area contributed by atoms with Gasteiger partial charge in [-0.2, -0.15) is 0 Å². The lowest BCUT2D eigenvalue weighted by molar-refractivity contribution is -0.117. The molecule has 2 heterocycles. The second-order valence-electron chi connectivity index (χ2n) is 5.92. The molecule has 0 saturated carbocycles. The van der Waals surface area contributed by atoms with E-state index in [1.807, 2.05) is 0 Å². The number of hydrazine groups is 1. The largest absolute Gasteiger partial charge is 0.457 e. The molecule has 1 aliphatic heterocycles. The SMILES string of the molecule is O=C1NN(c2ccc(F)cc2)C(=O)/C1=C/c1ccc(-c2cccc(Cl)c2Cl)o1. The fourth-order valence-corrected chi connectivity index (χ4v) is 3.13. The number of hydrogen-bond donors (Lipinski definition) is 1. The van der Waals surface area contributed by atoms with Gasteiger partial charge in [0.2, 0.25) is 0 Å². The van der Waals surface area contributed by atoms with Crippen molar-refractivity contribution in [2.24, 2.45) is 0 Å². The van der Waals surface area contributed by atoms with Crippen molar-refractivity contribution in [2.45, 2.75) is 0 Å². The Labute approximate surface area is 168 Å². The van der Waals surface area contributed by atoms with Gasteiger partial charge in [-0.05, 0) is 54.6 Å². The highest BCUT2D eigenvalue weighted by atomic mass is 35.5. The van der Waals surface area contributed by atoms with Crippen molar-refractivity contribution in [3.63, 3.8) is 0 Å². The third-order valence-corrected chi connectivity index (χ3v) is 4.93. The second kappa shape index (κ2) is 7.14. The maximum absolute atomic E-state index is 13.1. The molecule has 0 radical (unpaired) electrons. The molecule has 8 heteroatoms. The van der Waals surface area contributed by atoms with Crippen LogP contribution in [-0.2, 0) is 9.59 Å². The summed E-state index contributed by atoms with van der Waals surface area (Å²) in [4.78, 5) is 24.8. The molecule has 2 amide bonds. The number of rotatable bonds is 3. The summed E-state index contributed by atoms with van der Waals surface area (Å²) in [6, 6.07) is 13.6. The van der Waals surface area contributed by atoms with Crippen LogP contribution >= 0.6 is 23.2 Å². The highest BCUT2D eigenvalue weighted by Gasteiger charge is 2.34. The van der Waals surface area contributed by atoms with E-state index >= 15 is 0 Å². The van der Waals surface area contributed by atoms with Crippen LogP contribution in [0.15, 0.2) is 64.6 Å². The van der Waals surface area contributed by atoms with E-state index in [-0.39, 0.29) is 5.57 Å². The van der Waals surface area contributed by atoms with Gasteiger partial charge in [-0.25, -0.2) is 9.40 Å². The van der Waals surface area contributed by atoms with Gasteiger partial charge >= 0.3 is 0 Å². The van der Waals surface area contributed by atoms with E-state index in [4.69, 9.17) is 27.6 Å². The number of nitrogens with one attached hydrogen (secondary N) is 1. The first-order chi connectivity index (χ1) is 13.4. The van der Waals surface area contributed by atoms with Gasteiger partial charge in [0.15, 0.2) is 0 Å². The number of benzene rings is 2. The number of carbonyl (C=O) groups is 2. The van der Waals surface area contributed by atoms with Crippen LogP contribution in [-0.4, -0.2) is 11.8 Å². The Hall–Kier alpha value is -3.09. The highest BCUT2D eigenvalue weighted by Crippen LogP contribution is 2.34. The van der Waals surface area contributed by atoms with E-state index in [2.05, 4.69) is 5.43 Å². The van der Waals surface area contributed by atoms with Crippen LogP contribution in [0.1, 0.15) is 5.76 Å². The van der Waals surface area contributed by atoms with Gasteiger partial charge in [-0.3, -0.25) is 15.0 Å². The first-order valence-electron chi connectivity index (χ1n) is 8.11. The summed E-state index contributed by atoms with van der Waals surface area (Å²) in [7, 11) is 0. The quantitative estimate of drug-likeness (QED) is 0.490. The summed E-state index contributed by atoms with van der Waals surface area (Å²) >= 11 is 12.2. The summed E-state index contributed by atoms with van der Waals surface area (Å²) in [6.07, 6.45) is 1.34. The van der Waals surface area contributed by atoms with Gasteiger partial charge in [0.25, 0.3) is 11.8 Å². The topological polar surface area (TPSA) is 62.6 Å². The van der Waals surface area contributed by atoms with E-state index in [9.17, 15) is 14.0 Å². The number of halogens is 3. The minimum Gasteiger partial charge on any atom is -0.457 e. The number of carbonyl (C=O) groups excluding carboxylic acids is 2. The Morgan fingerprint density at radius 1 is 1.00 bits per heavy atom. The standard InChI is InChI=1S/C20H11Cl2FN2O3/c21-16-3-1-2-14(18(16)22)17-9-8-13(28-17)10-15-19(26)24-25(20(15)27)12-6-4-11(23)5-7-12/h1-10H,(H,24,26)/b15-10+. The Morgan fingerprint density at radius 3 is 2.50 bits per heavy atom. The van der Waals surface area contributed by atoms with Crippen LogP contribution in [0, 0.1) is 5.82 Å². The zero-order valence-electron chi connectivity index (χ0n) is 14.1. The molecule has 0 spiro atoms. The van der Waals surface area contributed by atoms with Gasteiger partial charge in [-0.15, -0.1) is 0 Å². The number of amides is 2. The molecule has 1 saturated heterocycles. The molecule has 0 unspecified atom stereocenters. The van der Waals surface area contributed by atoms with Crippen molar-refractivity contribution in [3.05, 3.63) is 81.8 Å². The normalized spacial score (nSPS) is 15.4. The second-order valence-corrected chi connectivity index (χ2v) is 6.70. The molecule has 1 N–H and O–H groups in total. The van der Waals surface area contributed by atoms with E-state index < -0.39 is 17.6 Å². The highest BCUT2D eigenvalue weighted by molar-refractivity contribution is 6.43. The van der Waals surface area contributed by atoms with Crippen LogP contribution in [0.4, 0.5) is 10.1 Å². The van der Waals surface area contributed by atoms with Crippen molar-refractivity contribution in [2.75, 3.05) is 5.01 Å². The average Bonchev–Trinajstić information content (AvgIpc) is 3.25. The van der Waals surface area contributed by atoms with Gasteiger partial charge in [0.1, 0.15) is 22.9 Å². The summed E-state index contributed by atoms with van der Waals surface area (Å²) in [5.74, 6) is -0.866. The molecule has 0 bridgehead atoms. The predicted molar refractivity (Wildman–Crippen MR) is 104 cm³/mol. The molecule has 1 fully saturated rings. The minimum absolute atomic E-state index is 0.109. The van der Waals surface area contributed by atoms with Crippen molar-refractivity contribution in [1.82, 2.24) is 5.43 Å². The molecule has 5 nitrogen and oxygen atoms in total. The van der Waals surface area contributed by atoms with Gasteiger partial charge in [0, 0.05) is 5.56 Å². The zero-order valence-corrected chi connectivity index (χ0v) is 15.6. The van der Waals surface area contributed by atoms with Crippen LogP contribution in [0.5, 0.6) is 0 Å². The number of furan rings is 1. The molecule has 1 aromatic heterocycles. The molecule has 3 aromatic rings. The maximum Gasteiger partial charge on any atom is 0.282 e. The van der Waals surface area contributed by atoms with E-state index in [1.165, 1.54) is 30.3 Å². The Bertz CT molecular complexity index is 1120. The van der Waals surface area contributed by atoms with Gasteiger partial charge in [-0.1, -0.05) is 29.3 Å².